The fourth-order valence-corrected chi connectivity index (χ4v) is 1.99. The van der Waals surface area contributed by atoms with Crippen LogP contribution in [0.4, 0.5) is 0 Å². The van der Waals surface area contributed by atoms with E-state index < -0.39 is 0 Å². The molecule has 84 valence electrons. The summed E-state index contributed by atoms with van der Waals surface area (Å²) in [5.74, 6) is 0.922. The van der Waals surface area contributed by atoms with Crippen molar-refractivity contribution in [2.45, 2.75) is 26.3 Å². The van der Waals surface area contributed by atoms with Gasteiger partial charge < -0.3 is 21.9 Å². The third kappa shape index (κ3) is 5.17. The Kier molecular flexibility index (Phi) is 8.73. The minimum Gasteiger partial charge on any atom is -1.00 e. The molecule has 1 fully saturated rings. The monoisotopic (exact) mass is 291 g/mol. The number of rotatable bonds is 2. The second-order valence-corrected chi connectivity index (χ2v) is 4.35. The molecule has 0 saturated carbocycles. The van der Waals surface area contributed by atoms with Crippen molar-refractivity contribution in [3.63, 3.8) is 0 Å². The summed E-state index contributed by atoms with van der Waals surface area (Å²) in [7, 11) is 0. The van der Waals surface area contributed by atoms with Crippen LogP contribution in [0.1, 0.15) is 25.3 Å². The molecule has 1 aliphatic rings. The van der Waals surface area contributed by atoms with Gasteiger partial charge in [-0.25, -0.2) is 0 Å². The standard InChI is InChI=1S/C13H18N.BrH.Mg/c1-12-7-9-14(10-8-12)11-13-5-3-2-4-6-13;;/h2-5,12H,7-11H2,1H3;1H;/q-1;;+2/p-1. The number of hydrogen-bond donors (Lipinski definition) is 0. The summed E-state index contributed by atoms with van der Waals surface area (Å²) in [4.78, 5) is 2.53. The second kappa shape index (κ2) is 8.51. The normalized spacial score (nSPS) is 17.3. The SMILES string of the molecule is CC1CCN(Cc2[c-]cccc2)CC1.[Br-].[Mg+2]. The Bertz CT molecular complexity index is 271. The van der Waals surface area contributed by atoms with E-state index >= 15 is 0 Å². The third-order valence-electron chi connectivity index (χ3n) is 3.04. The van der Waals surface area contributed by atoms with E-state index in [1.807, 2.05) is 12.1 Å². The van der Waals surface area contributed by atoms with Crippen LogP contribution < -0.4 is 17.0 Å². The molecule has 2 rings (SSSR count). The number of halogens is 1. The van der Waals surface area contributed by atoms with Gasteiger partial charge in [-0.1, -0.05) is 6.92 Å². The summed E-state index contributed by atoms with van der Waals surface area (Å²) in [5, 5.41) is 0. The van der Waals surface area contributed by atoms with Crippen molar-refractivity contribution in [3.8, 4) is 0 Å². The van der Waals surface area contributed by atoms with Crippen molar-refractivity contribution >= 4 is 23.1 Å². The first kappa shape index (κ1) is 16.4. The van der Waals surface area contributed by atoms with Crippen LogP contribution >= 0.6 is 0 Å². The van der Waals surface area contributed by atoms with Crippen LogP contribution in [0.15, 0.2) is 24.3 Å². The van der Waals surface area contributed by atoms with Crippen LogP contribution in [0, 0.1) is 12.0 Å². The molecule has 0 atom stereocenters. The molecule has 1 heterocycles. The minimum atomic E-state index is 0. The van der Waals surface area contributed by atoms with Crippen LogP contribution in [0.3, 0.4) is 0 Å². The van der Waals surface area contributed by atoms with E-state index in [0.29, 0.717) is 0 Å². The average molecular weight is 293 g/mol. The maximum absolute atomic E-state index is 3.29. The summed E-state index contributed by atoms with van der Waals surface area (Å²) in [6, 6.07) is 11.6. The molecule has 1 aliphatic heterocycles. The minimum absolute atomic E-state index is 0. The molecule has 1 aromatic carbocycles. The third-order valence-corrected chi connectivity index (χ3v) is 3.04. The van der Waals surface area contributed by atoms with Gasteiger partial charge in [-0.2, -0.15) is 30.3 Å². The Hall–Kier alpha value is 0.426. The average Bonchev–Trinajstić information content (AvgIpc) is 2.23. The Morgan fingerprint density at radius 3 is 2.56 bits per heavy atom. The topological polar surface area (TPSA) is 3.24 Å². The smallest absolute Gasteiger partial charge is 1.00 e. The van der Waals surface area contributed by atoms with Gasteiger partial charge in [-0.05, 0) is 31.8 Å². The fraction of sp³-hybridized carbons (Fsp3) is 0.538. The van der Waals surface area contributed by atoms with Gasteiger partial charge in [0.05, 0.1) is 0 Å². The molecule has 0 spiro atoms. The molecule has 1 aromatic rings. The van der Waals surface area contributed by atoms with Crippen LogP contribution in [0.5, 0.6) is 0 Å². The van der Waals surface area contributed by atoms with Crippen molar-refractivity contribution in [2.24, 2.45) is 5.92 Å². The quantitative estimate of drug-likeness (QED) is 0.517. The summed E-state index contributed by atoms with van der Waals surface area (Å²) in [6.45, 7) is 5.94. The molecule has 16 heavy (non-hydrogen) atoms. The van der Waals surface area contributed by atoms with E-state index in [4.69, 9.17) is 0 Å². The van der Waals surface area contributed by atoms with E-state index in [1.54, 1.807) is 0 Å². The maximum atomic E-state index is 3.29. The van der Waals surface area contributed by atoms with Crippen molar-refractivity contribution in [2.75, 3.05) is 13.1 Å². The second-order valence-electron chi connectivity index (χ2n) is 4.35. The Morgan fingerprint density at radius 1 is 1.31 bits per heavy atom. The van der Waals surface area contributed by atoms with Gasteiger partial charge in [0, 0.05) is 6.54 Å². The number of piperidine rings is 1. The van der Waals surface area contributed by atoms with E-state index in [-0.39, 0.29) is 40.0 Å². The van der Waals surface area contributed by atoms with E-state index in [1.165, 1.54) is 31.5 Å². The number of nitrogens with zero attached hydrogens (tertiary/aromatic N) is 1. The molecular weight excluding hydrogens is 274 g/mol. The van der Waals surface area contributed by atoms with Crippen LogP contribution in [-0.4, -0.2) is 41.0 Å². The molecule has 0 radical (unpaired) electrons. The molecular formula is C13H18BrMgN. The van der Waals surface area contributed by atoms with Crippen molar-refractivity contribution in [1.82, 2.24) is 4.90 Å². The van der Waals surface area contributed by atoms with Gasteiger partial charge in [0.25, 0.3) is 0 Å². The van der Waals surface area contributed by atoms with E-state index in [2.05, 4.69) is 30.0 Å². The molecule has 0 aromatic heterocycles. The van der Waals surface area contributed by atoms with Crippen molar-refractivity contribution < 1.29 is 17.0 Å². The Balaban J connectivity index is 0.00000112. The van der Waals surface area contributed by atoms with Crippen molar-refractivity contribution in [3.05, 3.63) is 35.9 Å². The van der Waals surface area contributed by atoms with Gasteiger partial charge >= 0.3 is 23.1 Å². The van der Waals surface area contributed by atoms with Gasteiger partial charge in [0.15, 0.2) is 0 Å². The van der Waals surface area contributed by atoms with Crippen LogP contribution in [0.2, 0.25) is 0 Å². The summed E-state index contributed by atoms with van der Waals surface area (Å²) in [5.41, 5.74) is 1.32. The zero-order valence-corrected chi connectivity index (χ0v) is 13.0. The zero-order valence-electron chi connectivity index (χ0n) is 9.95. The largest absolute Gasteiger partial charge is 2.00 e. The first-order valence-corrected chi connectivity index (χ1v) is 5.52. The van der Waals surface area contributed by atoms with E-state index in [0.717, 1.165) is 12.5 Å². The molecule has 1 saturated heterocycles. The van der Waals surface area contributed by atoms with Gasteiger partial charge in [0.1, 0.15) is 0 Å². The summed E-state index contributed by atoms with van der Waals surface area (Å²) < 4.78 is 0. The molecule has 0 amide bonds. The van der Waals surface area contributed by atoms with Crippen molar-refractivity contribution in [1.29, 1.82) is 0 Å². The van der Waals surface area contributed by atoms with E-state index in [9.17, 15) is 0 Å². The number of benzene rings is 1. The first-order chi connectivity index (χ1) is 6.84. The maximum Gasteiger partial charge on any atom is 2.00 e. The summed E-state index contributed by atoms with van der Waals surface area (Å²) in [6.07, 6.45) is 2.71. The van der Waals surface area contributed by atoms with Crippen LogP contribution in [0.25, 0.3) is 0 Å². The Labute approximate surface area is 126 Å². The molecule has 0 bridgehead atoms. The van der Waals surface area contributed by atoms with Crippen LogP contribution in [-0.2, 0) is 6.54 Å². The molecule has 0 N–H and O–H groups in total. The first-order valence-electron chi connectivity index (χ1n) is 5.52. The number of hydrogen-bond acceptors (Lipinski definition) is 1. The Morgan fingerprint density at radius 2 is 2.00 bits per heavy atom. The summed E-state index contributed by atoms with van der Waals surface area (Å²) >= 11 is 0. The van der Waals surface area contributed by atoms with Gasteiger partial charge in [-0.15, -0.1) is 5.56 Å². The molecule has 1 nitrogen and oxygen atoms in total. The van der Waals surface area contributed by atoms with Gasteiger partial charge in [-0.3, -0.25) is 0 Å². The number of likely N-dealkylation sites (tertiary alicyclic amines) is 1. The van der Waals surface area contributed by atoms with Gasteiger partial charge in [0.2, 0.25) is 0 Å². The molecule has 3 heteroatoms. The molecule has 0 aliphatic carbocycles. The molecule has 0 unspecified atom stereocenters. The fourth-order valence-electron chi connectivity index (χ4n) is 1.99. The zero-order chi connectivity index (χ0) is 9.80. The predicted molar refractivity (Wildman–Crippen MR) is 64.7 cm³/mol. The predicted octanol–water partition coefficient (Wildman–Crippen LogP) is -0.658.